The van der Waals surface area contributed by atoms with Crippen LogP contribution in [-0.2, 0) is 0 Å². The van der Waals surface area contributed by atoms with Crippen molar-refractivity contribution >= 4 is 50.6 Å². The van der Waals surface area contributed by atoms with Crippen LogP contribution in [0.5, 0.6) is 11.5 Å². The van der Waals surface area contributed by atoms with Crippen LogP contribution in [0.1, 0.15) is 40.9 Å². The van der Waals surface area contributed by atoms with E-state index in [1.165, 1.54) is 11.3 Å². The van der Waals surface area contributed by atoms with Gasteiger partial charge in [0.2, 0.25) is 0 Å². The molecule has 0 spiro atoms. The molecule has 6 N–H and O–H groups in total. The number of thiophene rings is 1. The Morgan fingerprint density at radius 2 is 1.93 bits per heavy atom. The van der Waals surface area contributed by atoms with Crippen molar-refractivity contribution in [2.45, 2.75) is 44.7 Å². The fourth-order valence-corrected chi connectivity index (χ4v) is 6.87. The predicted octanol–water partition coefficient (Wildman–Crippen LogP) is 6.21. The molecule has 1 unspecified atom stereocenters. The van der Waals surface area contributed by atoms with Crippen molar-refractivity contribution in [3.8, 4) is 11.5 Å². The van der Waals surface area contributed by atoms with Gasteiger partial charge >= 0.3 is 6.03 Å². The fraction of sp³-hybridized carbons (Fsp3) is 0.281. The van der Waals surface area contributed by atoms with Gasteiger partial charge in [0, 0.05) is 24.8 Å². The largest absolute Gasteiger partial charge is 0.457 e. The lowest BCUT2D eigenvalue weighted by Gasteiger charge is -2.32. The Bertz CT molecular complexity index is 1650. The first-order chi connectivity index (χ1) is 20.4. The zero-order valence-corrected chi connectivity index (χ0v) is 24.2. The molecule has 1 fully saturated rings. The van der Waals surface area contributed by atoms with E-state index < -0.39 is 0 Å². The lowest BCUT2D eigenvalue weighted by molar-refractivity contribution is 0.0926. The molecule has 0 saturated heterocycles. The number of hydrogen-bond donors (Lipinski definition) is 4. The topological polar surface area (TPSA) is 136 Å². The average molecular weight is 583 g/mol. The number of nitrogens with two attached hydrogens (primary N) is 2. The van der Waals surface area contributed by atoms with Gasteiger partial charge in [-0.25, -0.2) is 9.78 Å². The van der Waals surface area contributed by atoms with Crippen molar-refractivity contribution in [3.05, 3.63) is 83.4 Å². The van der Waals surface area contributed by atoms with Gasteiger partial charge in [0.25, 0.3) is 5.91 Å². The molecule has 1 saturated carbocycles. The Balaban J connectivity index is 1.22. The second kappa shape index (κ2) is 11.9. The summed E-state index contributed by atoms with van der Waals surface area (Å²) in [5.41, 5.74) is 14.7. The van der Waals surface area contributed by atoms with Gasteiger partial charge in [-0.3, -0.25) is 9.69 Å². The van der Waals surface area contributed by atoms with E-state index in [1.54, 1.807) is 11.1 Å². The third-order valence-corrected chi connectivity index (χ3v) is 9.08. The summed E-state index contributed by atoms with van der Waals surface area (Å²) < 4.78 is 5.98. The van der Waals surface area contributed by atoms with E-state index in [4.69, 9.17) is 16.2 Å². The number of amides is 3. The minimum absolute atomic E-state index is 0.0175. The van der Waals surface area contributed by atoms with E-state index in [-0.39, 0.29) is 24.0 Å². The van der Waals surface area contributed by atoms with Crippen LogP contribution in [0.15, 0.2) is 72.9 Å². The first-order valence-corrected chi connectivity index (χ1v) is 15.0. The lowest BCUT2D eigenvalue weighted by Crippen LogP contribution is -2.41. The SMILES string of the molecule is Cc1cc(Oc2ccccc2)ccc1N1C(=O)Nc2c(C(=O)NC3CCC(C(N)/C=C/CN)CC3)sc3nccc1c23. The molecule has 4 aromatic rings. The predicted molar refractivity (Wildman–Crippen MR) is 168 cm³/mol. The molecular formula is C32H34N6O3S. The van der Waals surface area contributed by atoms with Crippen LogP contribution in [0.25, 0.3) is 10.2 Å². The number of carbonyl (C=O) groups is 2. The summed E-state index contributed by atoms with van der Waals surface area (Å²) in [6.07, 6.45) is 9.15. The third-order valence-electron chi connectivity index (χ3n) is 7.99. The number of carbonyl (C=O) groups excluding carboxylic acids is 2. The van der Waals surface area contributed by atoms with Crippen LogP contribution in [0.2, 0.25) is 0 Å². The van der Waals surface area contributed by atoms with Crippen molar-refractivity contribution in [3.63, 3.8) is 0 Å². The van der Waals surface area contributed by atoms with Gasteiger partial charge in [-0.2, -0.15) is 0 Å². The standard InChI is InChI=1S/C32H34N6O3S/c1-19-18-23(41-22-6-3-2-4-7-22)13-14-25(19)38-26-15-17-35-31-27(26)28(37-32(38)40)29(42-31)30(39)36-21-11-9-20(10-12-21)24(34)8-5-16-33/h2-8,13-15,17-18,20-21,24H,9-12,16,33-34H2,1H3,(H,36,39)(H,37,40)/b8-5+. The Kier molecular flexibility index (Phi) is 7.92. The van der Waals surface area contributed by atoms with E-state index in [9.17, 15) is 9.59 Å². The van der Waals surface area contributed by atoms with Gasteiger partial charge in [0.05, 0.1) is 22.4 Å². The second-order valence-corrected chi connectivity index (χ2v) is 11.8. The average Bonchev–Trinajstić information content (AvgIpc) is 3.37. The molecule has 1 aliphatic heterocycles. The molecule has 42 heavy (non-hydrogen) atoms. The van der Waals surface area contributed by atoms with Crippen molar-refractivity contribution < 1.29 is 14.3 Å². The maximum Gasteiger partial charge on any atom is 0.331 e. The molecule has 2 aromatic carbocycles. The first kappa shape index (κ1) is 27.9. The highest BCUT2D eigenvalue weighted by atomic mass is 32.1. The van der Waals surface area contributed by atoms with Crippen LogP contribution < -0.4 is 31.7 Å². The molecule has 2 aliphatic rings. The molecule has 1 atom stereocenters. The number of benzene rings is 2. The number of aromatic nitrogens is 1. The van der Waals surface area contributed by atoms with Gasteiger partial charge in [-0.05, 0) is 80.5 Å². The maximum atomic E-state index is 13.6. The number of urea groups is 1. The van der Waals surface area contributed by atoms with Gasteiger partial charge in [0.1, 0.15) is 21.2 Å². The van der Waals surface area contributed by atoms with Crippen LogP contribution in [0.3, 0.4) is 0 Å². The quantitative estimate of drug-likeness (QED) is 0.182. The molecule has 1 aliphatic carbocycles. The summed E-state index contributed by atoms with van der Waals surface area (Å²) in [5, 5.41) is 6.95. The summed E-state index contributed by atoms with van der Waals surface area (Å²) >= 11 is 1.30. The van der Waals surface area contributed by atoms with Crippen LogP contribution >= 0.6 is 11.3 Å². The number of hydrogen-bond acceptors (Lipinski definition) is 7. The van der Waals surface area contributed by atoms with E-state index in [0.717, 1.165) is 48.1 Å². The number of aryl methyl sites for hydroxylation is 1. The van der Waals surface area contributed by atoms with Gasteiger partial charge in [-0.15, -0.1) is 11.3 Å². The van der Waals surface area contributed by atoms with Crippen molar-refractivity contribution in [1.82, 2.24) is 10.3 Å². The zero-order chi connectivity index (χ0) is 29.2. The minimum Gasteiger partial charge on any atom is -0.457 e. The van der Waals surface area contributed by atoms with Crippen molar-refractivity contribution in [2.75, 3.05) is 16.8 Å². The number of rotatable bonds is 8. The summed E-state index contributed by atoms with van der Waals surface area (Å²) in [6, 6.07) is 16.7. The molecule has 216 valence electrons. The molecule has 2 aromatic heterocycles. The second-order valence-electron chi connectivity index (χ2n) is 10.8. The number of ether oxygens (including phenoxy) is 1. The molecule has 0 radical (unpaired) electrons. The highest BCUT2D eigenvalue weighted by Gasteiger charge is 2.34. The summed E-state index contributed by atoms with van der Waals surface area (Å²) in [7, 11) is 0. The van der Waals surface area contributed by atoms with E-state index >= 15 is 0 Å². The fourth-order valence-electron chi connectivity index (χ4n) is 5.84. The normalized spacial score (nSPS) is 19.1. The number of para-hydroxylation sites is 1. The van der Waals surface area contributed by atoms with Gasteiger partial charge in [0.15, 0.2) is 0 Å². The smallest absolute Gasteiger partial charge is 0.331 e. The number of nitrogens with one attached hydrogen (secondary N) is 2. The summed E-state index contributed by atoms with van der Waals surface area (Å²) in [6.45, 7) is 2.42. The monoisotopic (exact) mass is 582 g/mol. The minimum atomic E-state index is -0.331. The Morgan fingerprint density at radius 1 is 1.14 bits per heavy atom. The third kappa shape index (κ3) is 5.48. The van der Waals surface area contributed by atoms with Crippen LogP contribution in [0.4, 0.5) is 21.9 Å². The Morgan fingerprint density at radius 3 is 2.67 bits per heavy atom. The lowest BCUT2D eigenvalue weighted by atomic mass is 9.81. The van der Waals surface area contributed by atoms with Crippen LogP contribution in [-0.4, -0.2) is 35.6 Å². The highest BCUT2D eigenvalue weighted by molar-refractivity contribution is 7.21. The first-order valence-electron chi connectivity index (χ1n) is 14.2. The summed E-state index contributed by atoms with van der Waals surface area (Å²) in [5.74, 6) is 1.60. The van der Waals surface area contributed by atoms with E-state index in [2.05, 4.69) is 15.6 Å². The molecule has 0 bridgehead atoms. The maximum absolute atomic E-state index is 13.6. The number of pyridine rings is 1. The molecule has 10 heteroatoms. The van der Waals surface area contributed by atoms with Gasteiger partial charge in [-0.1, -0.05) is 30.4 Å². The molecule has 6 rings (SSSR count). The molecular weight excluding hydrogens is 548 g/mol. The summed E-state index contributed by atoms with van der Waals surface area (Å²) in [4.78, 5) is 34.4. The molecule has 3 heterocycles. The Hall–Kier alpha value is -4.25. The zero-order valence-electron chi connectivity index (χ0n) is 23.4. The van der Waals surface area contributed by atoms with Gasteiger partial charge < -0.3 is 26.8 Å². The molecule has 9 nitrogen and oxygen atoms in total. The van der Waals surface area contributed by atoms with E-state index in [1.807, 2.05) is 73.7 Å². The molecule has 3 amide bonds. The van der Waals surface area contributed by atoms with Crippen LogP contribution in [0, 0.1) is 12.8 Å². The Labute approximate surface area is 248 Å². The highest BCUT2D eigenvalue weighted by Crippen LogP contribution is 2.46. The van der Waals surface area contributed by atoms with Crippen molar-refractivity contribution in [1.29, 1.82) is 0 Å². The number of anilines is 3. The van der Waals surface area contributed by atoms with Crippen molar-refractivity contribution in [2.24, 2.45) is 17.4 Å². The number of nitrogens with zero attached hydrogens (tertiary/aromatic N) is 2. The van der Waals surface area contributed by atoms with E-state index in [0.29, 0.717) is 39.3 Å².